The van der Waals surface area contributed by atoms with Gasteiger partial charge in [-0.15, -0.1) is 0 Å². The van der Waals surface area contributed by atoms with Crippen molar-refractivity contribution in [2.24, 2.45) is 5.10 Å². The minimum absolute atomic E-state index is 0.0819. The van der Waals surface area contributed by atoms with Gasteiger partial charge in [0.15, 0.2) is 6.61 Å². The maximum Gasteiger partial charge on any atom is 0.277 e. The Labute approximate surface area is 167 Å². The molecule has 2 aromatic rings. The number of nitrogens with zero attached hydrogens (tertiary/aromatic N) is 1. The maximum atomic E-state index is 12.0. The van der Waals surface area contributed by atoms with Gasteiger partial charge >= 0.3 is 0 Å². The predicted molar refractivity (Wildman–Crippen MR) is 110 cm³/mol. The van der Waals surface area contributed by atoms with Gasteiger partial charge in [0.25, 0.3) is 5.91 Å². The average Bonchev–Trinajstić information content (AvgIpc) is 2.61. The Bertz CT molecular complexity index is 848. The fourth-order valence-corrected chi connectivity index (χ4v) is 2.78. The number of benzene rings is 2. The number of carbonyl (C=O) groups is 2. The van der Waals surface area contributed by atoms with E-state index in [0.29, 0.717) is 11.5 Å². The first-order valence-corrected chi connectivity index (χ1v) is 9.20. The third-order valence-electron chi connectivity index (χ3n) is 3.57. The van der Waals surface area contributed by atoms with Crippen molar-refractivity contribution in [3.8, 4) is 5.75 Å². The van der Waals surface area contributed by atoms with Crippen LogP contribution in [-0.2, 0) is 9.59 Å². The zero-order valence-electron chi connectivity index (χ0n) is 15.5. The SMILES string of the molecule is CC(CC(=O)Nc1ccc(C)cc1)=NNC(=O)COc1ccc(C)cc1Br. The summed E-state index contributed by atoms with van der Waals surface area (Å²) in [5.74, 6) is -0.0242. The lowest BCUT2D eigenvalue weighted by atomic mass is 10.2. The summed E-state index contributed by atoms with van der Waals surface area (Å²) >= 11 is 3.39. The zero-order valence-corrected chi connectivity index (χ0v) is 17.1. The average molecular weight is 432 g/mol. The highest BCUT2D eigenvalue weighted by Crippen LogP contribution is 2.25. The summed E-state index contributed by atoms with van der Waals surface area (Å²) in [5, 5.41) is 6.72. The van der Waals surface area contributed by atoms with E-state index < -0.39 is 5.91 Å². The Morgan fingerprint density at radius 2 is 1.70 bits per heavy atom. The first kappa shape index (κ1) is 20.6. The molecule has 2 rings (SSSR count). The molecule has 0 saturated carbocycles. The fourth-order valence-electron chi connectivity index (χ4n) is 2.17. The largest absolute Gasteiger partial charge is 0.483 e. The molecule has 0 radical (unpaired) electrons. The predicted octanol–water partition coefficient (Wildman–Crippen LogP) is 3.97. The van der Waals surface area contributed by atoms with Gasteiger partial charge in [-0.25, -0.2) is 5.43 Å². The molecule has 2 amide bonds. The van der Waals surface area contributed by atoms with E-state index in [1.54, 1.807) is 13.0 Å². The van der Waals surface area contributed by atoms with Gasteiger partial charge in [0.05, 0.1) is 10.9 Å². The number of aryl methyl sites for hydroxylation is 2. The second-order valence-corrected chi connectivity index (χ2v) is 7.05. The molecule has 6 nitrogen and oxygen atoms in total. The number of nitrogens with one attached hydrogen (secondary N) is 2. The number of halogens is 1. The Balaban J connectivity index is 1.77. The molecule has 0 bridgehead atoms. The molecule has 0 unspecified atom stereocenters. The summed E-state index contributed by atoms with van der Waals surface area (Å²) in [5.41, 5.74) is 5.81. The van der Waals surface area contributed by atoms with E-state index in [1.807, 2.05) is 50.2 Å². The third kappa shape index (κ3) is 7.22. The first-order chi connectivity index (χ1) is 12.8. The smallest absolute Gasteiger partial charge is 0.277 e. The van der Waals surface area contributed by atoms with Crippen molar-refractivity contribution in [3.05, 3.63) is 58.1 Å². The van der Waals surface area contributed by atoms with Crippen molar-refractivity contribution < 1.29 is 14.3 Å². The second-order valence-electron chi connectivity index (χ2n) is 6.20. The van der Waals surface area contributed by atoms with Gasteiger partial charge < -0.3 is 10.1 Å². The van der Waals surface area contributed by atoms with E-state index in [4.69, 9.17) is 4.74 Å². The van der Waals surface area contributed by atoms with E-state index in [2.05, 4.69) is 31.8 Å². The van der Waals surface area contributed by atoms with Gasteiger partial charge in [-0.2, -0.15) is 5.10 Å². The number of ether oxygens (including phenoxy) is 1. The van der Waals surface area contributed by atoms with Crippen LogP contribution in [0.4, 0.5) is 5.69 Å². The molecule has 142 valence electrons. The molecule has 0 spiro atoms. The lowest BCUT2D eigenvalue weighted by Gasteiger charge is -2.08. The number of amides is 2. The van der Waals surface area contributed by atoms with E-state index in [9.17, 15) is 9.59 Å². The van der Waals surface area contributed by atoms with Crippen LogP contribution in [0.2, 0.25) is 0 Å². The Morgan fingerprint density at radius 3 is 2.37 bits per heavy atom. The molecule has 0 aliphatic heterocycles. The standard InChI is InChI=1S/C20H22BrN3O3/c1-13-4-7-16(8-5-13)22-19(25)11-15(3)23-24-20(26)12-27-18-9-6-14(2)10-17(18)21/h4-10H,11-12H2,1-3H3,(H,22,25)(H,24,26). The van der Waals surface area contributed by atoms with Crippen molar-refractivity contribution in [2.45, 2.75) is 27.2 Å². The van der Waals surface area contributed by atoms with E-state index >= 15 is 0 Å². The molecule has 7 heteroatoms. The molecule has 0 aliphatic carbocycles. The van der Waals surface area contributed by atoms with Crippen LogP contribution in [-0.4, -0.2) is 24.1 Å². The Kier molecular flexibility index (Phi) is 7.55. The van der Waals surface area contributed by atoms with Gasteiger partial charge in [0, 0.05) is 11.4 Å². The molecule has 0 heterocycles. The summed E-state index contributed by atoms with van der Waals surface area (Å²) in [6, 6.07) is 13.1. The first-order valence-electron chi connectivity index (χ1n) is 8.41. The second kappa shape index (κ2) is 9.87. The van der Waals surface area contributed by atoms with Gasteiger partial charge in [-0.1, -0.05) is 23.8 Å². The van der Waals surface area contributed by atoms with Crippen molar-refractivity contribution in [2.75, 3.05) is 11.9 Å². The minimum Gasteiger partial charge on any atom is -0.483 e. The molecule has 0 saturated heterocycles. The Morgan fingerprint density at radius 1 is 1.04 bits per heavy atom. The van der Waals surface area contributed by atoms with Crippen LogP contribution in [0.1, 0.15) is 24.5 Å². The molecule has 0 aromatic heterocycles. The van der Waals surface area contributed by atoms with Crippen LogP contribution in [0.5, 0.6) is 5.75 Å². The number of rotatable bonds is 7. The number of carbonyl (C=O) groups excluding carboxylic acids is 2. The van der Waals surface area contributed by atoms with Gasteiger partial charge in [0.1, 0.15) is 5.75 Å². The van der Waals surface area contributed by atoms with Crippen LogP contribution >= 0.6 is 15.9 Å². The van der Waals surface area contributed by atoms with E-state index in [-0.39, 0.29) is 18.9 Å². The summed E-state index contributed by atoms with van der Waals surface area (Å²) < 4.78 is 6.23. The summed E-state index contributed by atoms with van der Waals surface area (Å²) in [4.78, 5) is 23.8. The van der Waals surface area contributed by atoms with Crippen molar-refractivity contribution in [1.82, 2.24) is 5.43 Å². The lowest BCUT2D eigenvalue weighted by Crippen LogP contribution is -2.26. The molecular formula is C20H22BrN3O3. The van der Waals surface area contributed by atoms with Crippen molar-refractivity contribution >= 4 is 39.1 Å². The van der Waals surface area contributed by atoms with Crippen LogP contribution in [0, 0.1) is 13.8 Å². The van der Waals surface area contributed by atoms with Crippen molar-refractivity contribution in [3.63, 3.8) is 0 Å². The molecule has 27 heavy (non-hydrogen) atoms. The molecule has 0 atom stereocenters. The van der Waals surface area contributed by atoms with Crippen LogP contribution in [0.15, 0.2) is 52.0 Å². The van der Waals surface area contributed by atoms with Crippen molar-refractivity contribution in [1.29, 1.82) is 0 Å². The molecule has 0 fully saturated rings. The minimum atomic E-state index is -0.402. The van der Waals surface area contributed by atoms with E-state index in [1.165, 1.54) is 0 Å². The lowest BCUT2D eigenvalue weighted by molar-refractivity contribution is -0.123. The molecule has 2 N–H and O–H groups in total. The van der Waals surface area contributed by atoms with Gasteiger partial charge in [0.2, 0.25) is 5.91 Å². The monoisotopic (exact) mass is 431 g/mol. The van der Waals surface area contributed by atoms with Crippen LogP contribution in [0.3, 0.4) is 0 Å². The normalized spacial score (nSPS) is 11.0. The quantitative estimate of drug-likeness (QED) is 0.514. The highest BCUT2D eigenvalue weighted by Gasteiger charge is 2.07. The highest BCUT2D eigenvalue weighted by molar-refractivity contribution is 9.10. The molecule has 2 aromatic carbocycles. The third-order valence-corrected chi connectivity index (χ3v) is 4.19. The number of anilines is 1. The number of hydrogen-bond donors (Lipinski definition) is 2. The number of hydrazone groups is 1. The van der Waals surface area contributed by atoms with Gasteiger partial charge in [-0.3, -0.25) is 9.59 Å². The number of hydrogen-bond acceptors (Lipinski definition) is 4. The summed E-state index contributed by atoms with van der Waals surface area (Å²) in [6.07, 6.45) is 0.0819. The highest BCUT2D eigenvalue weighted by atomic mass is 79.9. The molecular weight excluding hydrogens is 410 g/mol. The van der Waals surface area contributed by atoms with Gasteiger partial charge in [-0.05, 0) is 66.5 Å². The summed E-state index contributed by atoms with van der Waals surface area (Å²) in [6.45, 7) is 5.44. The summed E-state index contributed by atoms with van der Waals surface area (Å²) in [7, 11) is 0. The van der Waals surface area contributed by atoms with Crippen LogP contribution < -0.4 is 15.5 Å². The van der Waals surface area contributed by atoms with Crippen LogP contribution in [0.25, 0.3) is 0 Å². The maximum absolute atomic E-state index is 12.0. The topological polar surface area (TPSA) is 79.8 Å². The fraction of sp³-hybridized carbons (Fsp3) is 0.250. The zero-order chi connectivity index (χ0) is 19.8. The molecule has 0 aliphatic rings. The Hall–Kier alpha value is -2.67. The van der Waals surface area contributed by atoms with E-state index in [0.717, 1.165) is 21.3 Å².